The van der Waals surface area contributed by atoms with E-state index >= 15 is 0 Å². The number of hydrogen-bond acceptors (Lipinski definition) is 5. The van der Waals surface area contributed by atoms with Crippen molar-refractivity contribution in [3.63, 3.8) is 0 Å². The van der Waals surface area contributed by atoms with Gasteiger partial charge in [0.15, 0.2) is 5.82 Å². The molecular weight excluding hydrogens is 264 g/mol. The summed E-state index contributed by atoms with van der Waals surface area (Å²) in [7, 11) is 0. The zero-order valence-electron chi connectivity index (χ0n) is 11.4. The average Bonchev–Trinajstić information content (AvgIpc) is 2.89. The zero-order chi connectivity index (χ0) is 12.4. The molecular formula is C13H23ClN4O. The molecule has 0 aliphatic carbocycles. The minimum atomic E-state index is 0. The summed E-state index contributed by atoms with van der Waals surface area (Å²) in [6.45, 7) is 4.30. The Morgan fingerprint density at radius 2 is 2.11 bits per heavy atom. The molecule has 2 aliphatic rings. The minimum Gasteiger partial charge on any atom is -0.339 e. The predicted octanol–water partition coefficient (Wildman–Crippen LogP) is 2.16. The third kappa shape index (κ3) is 3.46. The van der Waals surface area contributed by atoms with Gasteiger partial charge >= 0.3 is 0 Å². The molecule has 108 valence electrons. The molecule has 2 unspecified atom stereocenters. The molecule has 0 amide bonds. The van der Waals surface area contributed by atoms with Gasteiger partial charge in [0.1, 0.15) is 0 Å². The molecule has 2 aliphatic heterocycles. The van der Waals surface area contributed by atoms with E-state index in [0.717, 1.165) is 37.6 Å². The van der Waals surface area contributed by atoms with E-state index in [4.69, 9.17) is 4.52 Å². The molecule has 0 spiro atoms. The van der Waals surface area contributed by atoms with Crippen LogP contribution in [0.4, 0.5) is 0 Å². The first-order valence-electron chi connectivity index (χ1n) is 7.13. The summed E-state index contributed by atoms with van der Waals surface area (Å²) in [6.07, 6.45) is 5.96. The quantitative estimate of drug-likeness (QED) is 0.872. The maximum atomic E-state index is 5.45. The standard InChI is InChI=1S/C13H22N4O.ClH/c1-9-4-2-6-11(15-9)12-16-13(18-17-12)10-5-3-7-14-8-10;/h9-11,14-15H,2-8H2,1H3;1H/t9?,10-,11?;/m0./s1. The molecule has 2 N–H and O–H groups in total. The van der Waals surface area contributed by atoms with Gasteiger partial charge in [-0.1, -0.05) is 5.16 Å². The van der Waals surface area contributed by atoms with E-state index < -0.39 is 0 Å². The highest BCUT2D eigenvalue weighted by molar-refractivity contribution is 5.85. The zero-order valence-corrected chi connectivity index (χ0v) is 12.2. The van der Waals surface area contributed by atoms with Crippen LogP contribution in [0.2, 0.25) is 0 Å². The summed E-state index contributed by atoms with van der Waals surface area (Å²) < 4.78 is 5.45. The van der Waals surface area contributed by atoms with Gasteiger partial charge in [-0.3, -0.25) is 0 Å². The molecule has 3 heterocycles. The van der Waals surface area contributed by atoms with E-state index in [1.807, 2.05) is 0 Å². The number of nitrogens with zero attached hydrogens (tertiary/aromatic N) is 2. The van der Waals surface area contributed by atoms with Gasteiger partial charge in [0.25, 0.3) is 0 Å². The van der Waals surface area contributed by atoms with Gasteiger partial charge < -0.3 is 15.2 Å². The molecule has 3 atom stereocenters. The smallest absolute Gasteiger partial charge is 0.231 e. The second-order valence-corrected chi connectivity index (χ2v) is 5.59. The summed E-state index contributed by atoms with van der Waals surface area (Å²) in [5, 5.41) is 11.1. The van der Waals surface area contributed by atoms with Crippen molar-refractivity contribution >= 4 is 12.4 Å². The number of nitrogens with one attached hydrogen (secondary N) is 2. The second-order valence-electron chi connectivity index (χ2n) is 5.59. The largest absolute Gasteiger partial charge is 0.339 e. The number of halogens is 1. The van der Waals surface area contributed by atoms with Crippen LogP contribution in [0, 0.1) is 0 Å². The topological polar surface area (TPSA) is 63.0 Å². The van der Waals surface area contributed by atoms with E-state index in [-0.39, 0.29) is 18.4 Å². The monoisotopic (exact) mass is 286 g/mol. The summed E-state index contributed by atoms with van der Waals surface area (Å²) in [4.78, 5) is 4.61. The van der Waals surface area contributed by atoms with Crippen molar-refractivity contribution in [2.24, 2.45) is 0 Å². The second kappa shape index (κ2) is 6.68. The van der Waals surface area contributed by atoms with E-state index in [0.29, 0.717) is 12.0 Å². The van der Waals surface area contributed by atoms with Crippen LogP contribution in [-0.4, -0.2) is 29.3 Å². The molecule has 2 fully saturated rings. The SMILES string of the molecule is CC1CCCC(c2noc([C@H]3CCCNC3)n2)N1.Cl. The predicted molar refractivity (Wildman–Crippen MR) is 75.6 cm³/mol. The van der Waals surface area contributed by atoms with Crippen LogP contribution in [0.3, 0.4) is 0 Å². The first-order valence-corrected chi connectivity index (χ1v) is 7.13. The Kier molecular flexibility index (Phi) is 5.19. The Labute approximate surface area is 120 Å². The van der Waals surface area contributed by atoms with Gasteiger partial charge in [0, 0.05) is 12.6 Å². The summed E-state index contributed by atoms with van der Waals surface area (Å²) >= 11 is 0. The number of aromatic nitrogens is 2. The van der Waals surface area contributed by atoms with E-state index in [1.54, 1.807) is 0 Å². The van der Waals surface area contributed by atoms with Crippen molar-refractivity contribution in [3.05, 3.63) is 11.7 Å². The number of rotatable bonds is 2. The van der Waals surface area contributed by atoms with E-state index in [2.05, 4.69) is 27.7 Å². The fraction of sp³-hybridized carbons (Fsp3) is 0.846. The van der Waals surface area contributed by atoms with Crippen molar-refractivity contribution in [2.45, 2.75) is 57.0 Å². The highest BCUT2D eigenvalue weighted by atomic mass is 35.5. The van der Waals surface area contributed by atoms with Crippen molar-refractivity contribution in [1.29, 1.82) is 0 Å². The maximum Gasteiger partial charge on any atom is 0.231 e. The molecule has 19 heavy (non-hydrogen) atoms. The van der Waals surface area contributed by atoms with Gasteiger partial charge in [0.2, 0.25) is 5.89 Å². The highest BCUT2D eigenvalue weighted by Crippen LogP contribution is 2.26. The van der Waals surface area contributed by atoms with Gasteiger partial charge in [-0.25, -0.2) is 0 Å². The lowest BCUT2D eigenvalue weighted by Crippen LogP contribution is -2.35. The van der Waals surface area contributed by atoms with Gasteiger partial charge in [0.05, 0.1) is 12.0 Å². The fourth-order valence-corrected chi connectivity index (χ4v) is 2.96. The lowest BCUT2D eigenvalue weighted by atomic mass is 9.98. The van der Waals surface area contributed by atoms with Crippen molar-refractivity contribution in [2.75, 3.05) is 13.1 Å². The molecule has 2 saturated heterocycles. The van der Waals surface area contributed by atoms with Crippen LogP contribution >= 0.6 is 12.4 Å². The van der Waals surface area contributed by atoms with Crippen molar-refractivity contribution < 1.29 is 4.52 Å². The normalized spacial score (nSPS) is 31.7. The average molecular weight is 287 g/mol. The van der Waals surface area contributed by atoms with Gasteiger partial charge in [-0.05, 0) is 45.6 Å². The van der Waals surface area contributed by atoms with Crippen LogP contribution < -0.4 is 10.6 Å². The van der Waals surface area contributed by atoms with Gasteiger partial charge in [-0.2, -0.15) is 4.98 Å². The van der Waals surface area contributed by atoms with Crippen LogP contribution in [-0.2, 0) is 0 Å². The Balaban J connectivity index is 0.00000133. The molecule has 6 heteroatoms. The van der Waals surface area contributed by atoms with Crippen LogP contribution in [0.15, 0.2) is 4.52 Å². The molecule has 5 nitrogen and oxygen atoms in total. The molecule has 3 rings (SSSR count). The van der Waals surface area contributed by atoms with E-state index in [1.165, 1.54) is 19.3 Å². The van der Waals surface area contributed by atoms with Crippen molar-refractivity contribution in [3.8, 4) is 0 Å². The van der Waals surface area contributed by atoms with Crippen LogP contribution in [0.25, 0.3) is 0 Å². The number of hydrogen-bond donors (Lipinski definition) is 2. The lowest BCUT2D eigenvalue weighted by molar-refractivity contribution is 0.302. The molecule has 0 radical (unpaired) electrons. The third-order valence-electron chi connectivity index (χ3n) is 4.03. The Morgan fingerprint density at radius 3 is 2.84 bits per heavy atom. The highest BCUT2D eigenvalue weighted by Gasteiger charge is 2.26. The minimum absolute atomic E-state index is 0. The molecule has 1 aromatic rings. The Morgan fingerprint density at radius 1 is 1.21 bits per heavy atom. The summed E-state index contributed by atoms with van der Waals surface area (Å²) in [5.41, 5.74) is 0. The van der Waals surface area contributed by atoms with Crippen LogP contribution in [0.1, 0.15) is 62.7 Å². The molecule has 0 saturated carbocycles. The van der Waals surface area contributed by atoms with Gasteiger partial charge in [-0.15, -0.1) is 12.4 Å². The first-order chi connectivity index (χ1) is 8.83. The number of piperidine rings is 2. The first kappa shape index (κ1) is 14.8. The van der Waals surface area contributed by atoms with E-state index in [9.17, 15) is 0 Å². The fourth-order valence-electron chi connectivity index (χ4n) is 2.96. The summed E-state index contributed by atoms with van der Waals surface area (Å²) in [5.74, 6) is 2.07. The summed E-state index contributed by atoms with van der Waals surface area (Å²) in [6, 6.07) is 0.838. The molecule has 0 aromatic carbocycles. The third-order valence-corrected chi connectivity index (χ3v) is 4.03. The molecule has 1 aromatic heterocycles. The Hall–Kier alpha value is -0.650. The van der Waals surface area contributed by atoms with Crippen LogP contribution in [0.5, 0.6) is 0 Å². The maximum absolute atomic E-state index is 5.45. The Bertz CT molecular complexity index is 392. The lowest BCUT2D eigenvalue weighted by Gasteiger charge is -2.26. The van der Waals surface area contributed by atoms with Crippen molar-refractivity contribution in [1.82, 2.24) is 20.8 Å². The molecule has 0 bridgehead atoms.